The molecular formula is C12H13BrF2N2O2S. The Morgan fingerprint density at radius 2 is 2.05 bits per heavy atom. The van der Waals surface area contributed by atoms with Crippen molar-refractivity contribution in [2.75, 3.05) is 0 Å². The van der Waals surface area contributed by atoms with Crippen molar-refractivity contribution in [3.63, 3.8) is 0 Å². The smallest absolute Gasteiger partial charge is 0.328 e. The molecule has 110 valence electrons. The molecule has 2 aromatic rings. The molecule has 0 atom stereocenters. The van der Waals surface area contributed by atoms with Crippen molar-refractivity contribution in [3.8, 4) is 0 Å². The fourth-order valence-electron chi connectivity index (χ4n) is 2.07. The van der Waals surface area contributed by atoms with Gasteiger partial charge in [-0.05, 0) is 41.4 Å². The number of imidazole rings is 1. The molecule has 0 saturated heterocycles. The van der Waals surface area contributed by atoms with E-state index in [2.05, 4.69) is 20.9 Å². The van der Waals surface area contributed by atoms with Crippen LogP contribution < -0.4 is 0 Å². The summed E-state index contributed by atoms with van der Waals surface area (Å²) in [7, 11) is -4.64. The second-order valence-corrected chi connectivity index (χ2v) is 7.13. The third-order valence-electron chi connectivity index (χ3n) is 2.98. The molecule has 20 heavy (non-hydrogen) atoms. The minimum Gasteiger partial charge on any atom is -0.328 e. The lowest BCUT2D eigenvalue weighted by Gasteiger charge is -2.08. The molecule has 1 heterocycles. The summed E-state index contributed by atoms with van der Waals surface area (Å²) in [4.78, 5) is 3.81. The van der Waals surface area contributed by atoms with Crippen molar-refractivity contribution in [2.45, 2.75) is 37.5 Å². The zero-order valence-electron chi connectivity index (χ0n) is 10.9. The van der Waals surface area contributed by atoms with E-state index in [-0.39, 0.29) is 4.47 Å². The number of benzene rings is 1. The minimum atomic E-state index is -4.64. The molecule has 0 saturated carbocycles. The Hall–Kier alpha value is -1.02. The van der Waals surface area contributed by atoms with Gasteiger partial charge >= 0.3 is 5.76 Å². The van der Waals surface area contributed by atoms with Crippen LogP contribution in [0.5, 0.6) is 0 Å². The van der Waals surface area contributed by atoms with E-state index >= 15 is 0 Å². The molecule has 0 unspecified atom stereocenters. The minimum absolute atomic E-state index is 0.127. The topological polar surface area (TPSA) is 52.0 Å². The fraction of sp³-hybridized carbons (Fsp3) is 0.417. The highest BCUT2D eigenvalue weighted by Crippen LogP contribution is 2.31. The maximum absolute atomic E-state index is 12.6. The van der Waals surface area contributed by atoms with Crippen LogP contribution in [0, 0.1) is 6.92 Å². The molecule has 0 aliphatic heterocycles. The Labute approximate surface area is 123 Å². The van der Waals surface area contributed by atoms with Gasteiger partial charge in [0, 0.05) is 11.0 Å². The molecule has 4 nitrogen and oxygen atoms in total. The van der Waals surface area contributed by atoms with Crippen molar-refractivity contribution in [1.29, 1.82) is 0 Å². The molecule has 0 aliphatic carbocycles. The third-order valence-corrected chi connectivity index (χ3v) is 5.32. The van der Waals surface area contributed by atoms with Crippen LogP contribution in [0.2, 0.25) is 0 Å². The number of alkyl halides is 2. The summed E-state index contributed by atoms with van der Waals surface area (Å²) in [5.74, 6) is -2.73. The van der Waals surface area contributed by atoms with E-state index in [9.17, 15) is 17.2 Å². The second-order valence-electron chi connectivity index (χ2n) is 4.39. The summed E-state index contributed by atoms with van der Waals surface area (Å²) in [6, 6.07) is 2.72. The van der Waals surface area contributed by atoms with E-state index in [0.717, 1.165) is 24.3 Å². The van der Waals surface area contributed by atoms with Gasteiger partial charge in [-0.2, -0.15) is 8.78 Å². The molecule has 2 rings (SSSR count). The molecule has 0 fully saturated rings. The van der Waals surface area contributed by atoms with E-state index in [4.69, 9.17) is 0 Å². The maximum atomic E-state index is 12.6. The lowest BCUT2D eigenvalue weighted by Crippen LogP contribution is -2.12. The van der Waals surface area contributed by atoms with Gasteiger partial charge in [-0.1, -0.05) is 6.92 Å². The van der Waals surface area contributed by atoms with Crippen LogP contribution in [0.1, 0.15) is 19.2 Å². The number of sulfone groups is 1. The van der Waals surface area contributed by atoms with Gasteiger partial charge in [0.1, 0.15) is 5.82 Å². The van der Waals surface area contributed by atoms with Crippen LogP contribution in [0.3, 0.4) is 0 Å². The molecule has 0 amide bonds. The molecule has 0 radical (unpaired) electrons. The Morgan fingerprint density at radius 3 is 2.60 bits per heavy atom. The number of fused-ring (bicyclic) bond motifs is 1. The van der Waals surface area contributed by atoms with Gasteiger partial charge in [0.2, 0.25) is 9.84 Å². The van der Waals surface area contributed by atoms with Crippen molar-refractivity contribution in [3.05, 3.63) is 22.4 Å². The highest BCUT2D eigenvalue weighted by Gasteiger charge is 2.29. The van der Waals surface area contributed by atoms with Crippen LogP contribution in [-0.4, -0.2) is 23.7 Å². The number of hydrogen-bond donors (Lipinski definition) is 0. The van der Waals surface area contributed by atoms with Gasteiger partial charge in [-0.15, -0.1) is 0 Å². The average molecular weight is 367 g/mol. The molecule has 0 spiro atoms. The molecule has 1 aromatic carbocycles. The molecule has 0 bridgehead atoms. The van der Waals surface area contributed by atoms with Crippen LogP contribution >= 0.6 is 15.9 Å². The van der Waals surface area contributed by atoms with Crippen LogP contribution in [0.25, 0.3) is 11.0 Å². The molecule has 1 aromatic heterocycles. The molecular weight excluding hydrogens is 354 g/mol. The normalized spacial score (nSPS) is 12.5. The number of halogens is 3. The number of aromatic nitrogens is 2. The number of aryl methyl sites for hydroxylation is 2. The van der Waals surface area contributed by atoms with E-state index in [1.54, 1.807) is 6.92 Å². The first-order valence-corrected chi connectivity index (χ1v) is 8.31. The van der Waals surface area contributed by atoms with Crippen LogP contribution in [0.15, 0.2) is 21.5 Å². The summed E-state index contributed by atoms with van der Waals surface area (Å²) in [6.45, 7) is 4.54. The number of hydrogen-bond acceptors (Lipinski definition) is 3. The van der Waals surface area contributed by atoms with Gasteiger partial charge in [0.05, 0.1) is 15.9 Å². The Kier molecular flexibility index (Phi) is 4.15. The lowest BCUT2D eigenvalue weighted by atomic mass is 10.3. The number of rotatable bonds is 4. The maximum Gasteiger partial charge on any atom is 0.341 e. The largest absolute Gasteiger partial charge is 0.341 e. The van der Waals surface area contributed by atoms with E-state index in [1.807, 2.05) is 11.5 Å². The first-order chi connectivity index (χ1) is 9.28. The van der Waals surface area contributed by atoms with Crippen LogP contribution in [-0.2, 0) is 16.4 Å². The zero-order valence-corrected chi connectivity index (χ0v) is 13.3. The van der Waals surface area contributed by atoms with Crippen molar-refractivity contribution in [1.82, 2.24) is 9.55 Å². The van der Waals surface area contributed by atoms with E-state index in [0.29, 0.717) is 5.52 Å². The summed E-state index contributed by atoms with van der Waals surface area (Å²) in [5, 5.41) is 0. The first-order valence-electron chi connectivity index (χ1n) is 5.97. The quantitative estimate of drug-likeness (QED) is 0.831. The fourth-order valence-corrected chi connectivity index (χ4v) is 3.87. The molecule has 8 heteroatoms. The summed E-state index contributed by atoms with van der Waals surface area (Å²) in [5.41, 5.74) is 1.13. The Morgan fingerprint density at radius 1 is 1.40 bits per heavy atom. The average Bonchev–Trinajstić information content (AvgIpc) is 2.65. The van der Waals surface area contributed by atoms with Crippen molar-refractivity contribution >= 4 is 36.8 Å². The third kappa shape index (κ3) is 2.46. The molecule has 0 N–H and O–H groups in total. The zero-order chi connectivity index (χ0) is 15.1. The standard InChI is InChI=1S/C12H13BrF2N2O2S/c1-3-4-17-7(2)16-9-6-11(8(13)5-10(9)17)20(18,19)12(14)15/h5-6,12H,3-4H2,1-2H3. The summed E-state index contributed by atoms with van der Waals surface area (Å²) < 4.78 is 50.6. The number of nitrogens with zero attached hydrogens (tertiary/aromatic N) is 2. The highest BCUT2D eigenvalue weighted by molar-refractivity contribution is 9.10. The van der Waals surface area contributed by atoms with Gasteiger partial charge in [-0.25, -0.2) is 13.4 Å². The predicted octanol–water partition coefficient (Wildman–Crippen LogP) is 3.51. The summed E-state index contributed by atoms with van der Waals surface area (Å²) in [6.07, 6.45) is 0.890. The van der Waals surface area contributed by atoms with Gasteiger partial charge in [0.25, 0.3) is 0 Å². The Bertz CT molecular complexity index is 756. The van der Waals surface area contributed by atoms with Gasteiger partial charge < -0.3 is 4.57 Å². The van der Waals surface area contributed by atoms with Crippen molar-refractivity contribution in [2.24, 2.45) is 0 Å². The summed E-state index contributed by atoms with van der Waals surface area (Å²) >= 11 is 3.06. The van der Waals surface area contributed by atoms with Crippen LogP contribution in [0.4, 0.5) is 8.78 Å². The second kappa shape index (κ2) is 5.40. The van der Waals surface area contributed by atoms with Gasteiger partial charge in [-0.3, -0.25) is 0 Å². The van der Waals surface area contributed by atoms with E-state index < -0.39 is 20.5 Å². The Balaban J connectivity index is 2.72. The predicted molar refractivity (Wildman–Crippen MR) is 75.7 cm³/mol. The lowest BCUT2D eigenvalue weighted by molar-refractivity contribution is 0.234. The van der Waals surface area contributed by atoms with Gasteiger partial charge in [0.15, 0.2) is 0 Å². The SMILES string of the molecule is CCCn1c(C)nc2cc(S(=O)(=O)C(F)F)c(Br)cc21. The molecule has 0 aliphatic rings. The van der Waals surface area contributed by atoms with E-state index in [1.165, 1.54) is 12.1 Å². The monoisotopic (exact) mass is 366 g/mol. The van der Waals surface area contributed by atoms with Crippen molar-refractivity contribution < 1.29 is 17.2 Å². The first kappa shape index (κ1) is 15.4. The highest BCUT2D eigenvalue weighted by atomic mass is 79.9.